The molecule has 0 unspecified atom stereocenters. The molecule has 0 spiro atoms. The predicted molar refractivity (Wildman–Crippen MR) is 63.2 cm³/mol. The zero-order chi connectivity index (χ0) is 12.6. The van der Waals surface area contributed by atoms with Crippen LogP contribution in [0, 0.1) is 10.1 Å². The first-order valence-electron chi connectivity index (χ1n) is 5.27. The molecule has 1 heterocycles. The maximum Gasteiger partial charge on any atom is 0.323 e. The van der Waals surface area contributed by atoms with Crippen LogP contribution < -0.4 is 4.90 Å². The van der Waals surface area contributed by atoms with Crippen LogP contribution >= 0.6 is 0 Å². The number of non-ortho nitro benzene ring substituents is 1. The van der Waals surface area contributed by atoms with E-state index >= 15 is 0 Å². The van der Waals surface area contributed by atoms with E-state index in [1.54, 1.807) is 25.1 Å². The summed E-state index contributed by atoms with van der Waals surface area (Å²) in [6.45, 7) is 0.577. The van der Waals surface area contributed by atoms with Gasteiger partial charge in [-0.05, 0) is 18.1 Å². The second-order valence-electron chi connectivity index (χ2n) is 4.15. The highest BCUT2D eigenvalue weighted by molar-refractivity contribution is 5.94. The minimum absolute atomic E-state index is 0.0721. The molecule has 0 saturated carbocycles. The summed E-state index contributed by atoms with van der Waals surface area (Å²) in [5, 5.41) is 10.6. The van der Waals surface area contributed by atoms with Crippen molar-refractivity contribution < 1.29 is 9.72 Å². The Morgan fingerprint density at radius 1 is 1.47 bits per heavy atom. The van der Waals surface area contributed by atoms with Crippen LogP contribution in [-0.2, 0) is 6.42 Å². The van der Waals surface area contributed by atoms with Crippen LogP contribution in [0.4, 0.5) is 16.2 Å². The average molecular weight is 235 g/mol. The molecule has 0 bridgehead atoms. The van der Waals surface area contributed by atoms with Crippen molar-refractivity contribution >= 4 is 17.4 Å². The van der Waals surface area contributed by atoms with Crippen LogP contribution in [0.15, 0.2) is 18.2 Å². The summed E-state index contributed by atoms with van der Waals surface area (Å²) in [4.78, 5) is 25.2. The van der Waals surface area contributed by atoms with Gasteiger partial charge in [-0.15, -0.1) is 0 Å². The number of nitro benzene ring substituents is 1. The molecule has 6 heteroatoms. The maximum atomic E-state index is 11.8. The number of urea groups is 1. The van der Waals surface area contributed by atoms with Crippen LogP contribution in [0.25, 0.3) is 0 Å². The minimum atomic E-state index is -0.420. The van der Waals surface area contributed by atoms with Crippen LogP contribution in [-0.4, -0.2) is 36.5 Å². The Bertz CT molecular complexity index is 485. The topological polar surface area (TPSA) is 66.7 Å². The molecule has 6 nitrogen and oxygen atoms in total. The number of rotatable bonds is 1. The number of benzene rings is 1. The summed E-state index contributed by atoms with van der Waals surface area (Å²) in [5.41, 5.74) is 1.70. The van der Waals surface area contributed by atoms with Crippen molar-refractivity contribution in [3.63, 3.8) is 0 Å². The normalized spacial score (nSPS) is 13.4. The van der Waals surface area contributed by atoms with Gasteiger partial charge in [-0.1, -0.05) is 0 Å². The average Bonchev–Trinajstić information content (AvgIpc) is 2.70. The molecule has 0 saturated heterocycles. The van der Waals surface area contributed by atoms with Crippen LogP contribution in [0.1, 0.15) is 5.56 Å². The molecule has 90 valence electrons. The van der Waals surface area contributed by atoms with Gasteiger partial charge in [0.2, 0.25) is 0 Å². The summed E-state index contributed by atoms with van der Waals surface area (Å²) in [7, 11) is 3.37. The van der Waals surface area contributed by atoms with Crippen molar-refractivity contribution in [1.29, 1.82) is 0 Å². The van der Waals surface area contributed by atoms with Gasteiger partial charge in [0, 0.05) is 38.5 Å². The summed E-state index contributed by atoms with van der Waals surface area (Å²) in [6.07, 6.45) is 0.663. The monoisotopic (exact) mass is 235 g/mol. The molecule has 0 N–H and O–H groups in total. The largest absolute Gasteiger partial charge is 0.330 e. The lowest BCUT2D eigenvalue weighted by Crippen LogP contribution is -2.38. The SMILES string of the molecule is CN(C)C(=O)N1CCc2cc([N+](=O)[O-])ccc21. The first kappa shape index (κ1) is 11.4. The van der Waals surface area contributed by atoms with Crippen molar-refractivity contribution in [2.24, 2.45) is 0 Å². The fraction of sp³-hybridized carbons (Fsp3) is 0.364. The van der Waals surface area contributed by atoms with Crippen LogP contribution in [0.3, 0.4) is 0 Å². The van der Waals surface area contributed by atoms with Gasteiger partial charge in [-0.3, -0.25) is 15.0 Å². The van der Waals surface area contributed by atoms with E-state index in [0.29, 0.717) is 13.0 Å². The molecule has 1 aliphatic heterocycles. The highest BCUT2D eigenvalue weighted by Gasteiger charge is 2.27. The second kappa shape index (κ2) is 4.04. The highest BCUT2D eigenvalue weighted by Crippen LogP contribution is 2.31. The number of amides is 2. The van der Waals surface area contributed by atoms with Crippen molar-refractivity contribution in [2.45, 2.75) is 6.42 Å². The molecule has 1 aromatic carbocycles. The lowest BCUT2D eigenvalue weighted by Gasteiger charge is -2.21. The highest BCUT2D eigenvalue weighted by atomic mass is 16.6. The Morgan fingerprint density at radius 2 is 2.18 bits per heavy atom. The number of fused-ring (bicyclic) bond motifs is 1. The number of hydrogen-bond donors (Lipinski definition) is 0. The first-order chi connectivity index (χ1) is 8.00. The zero-order valence-corrected chi connectivity index (χ0v) is 9.71. The molecule has 0 fully saturated rings. The molecule has 0 radical (unpaired) electrons. The number of nitrogens with zero attached hydrogens (tertiary/aromatic N) is 3. The number of carbonyl (C=O) groups excluding carboxylic acids is 1. The van der Waals surface area contributed by atoms with E-state index < -0.39 is 4.92 Å². The Hall–Kier alpha value is -2.11. The van der Waals surface area contributed by atoms with Gasteiger partial charge >= 0.3 is 6.03 Å². The molecule has 0 atom stereocenters. The molecule has 2 rings (SSSR count). The van der Waals surface area contributed by atoms with Crippen molar-refractivity contribution in [3.05, 3.63) is 33.9 Å². The van der Waals surface area contributed by atoms with Crippen molar-refractivity contribution in [1.82, 2.24) is 4.90 Å². The summed E-state index contributed by atoms with van der Waals surface area (Å²) in [5.74, 6) is 0. The van der Waals surface area contributed by atoms with Gasteiger partial charge in [0.1, 0.15) is 0 Å². The third-order valence-corrected chi connectivity index (χ3v) is 2.78. The van der Waals surface area contributed by atoms with E-state index in [2.05, 4.69) is 0 Å². The Morgan fingerprint density at radius 3 is 2.76 bits per heavy atom. The number of anilines is 1. The van der Waals surface area contributed by atoms with E-state index in [9.17, 15) is 14.9 Å². The molecule has 2 amide bonds. The van der Waals surface area contributed by atoms with Gasteiger partial charge < -0.3 is 4.90 Å². The lowest BCUT2D eigenvalue weighted by molar-refractivity contribution is -0.384. The Kier molecular flexibility index (Phi) is 2.71. The predicted octanol–water partition coefficient (Wildman–Crippen LogP) is 1.64. The van der Waals surface area contributed by atoms with Crippen LogP contribution in [0.5, 0.6) is 0 Å². The van der Waals surface area contributed by atoms with Crippen molar-refractivity contribution in [3.8, 4) is 0 Å². The standard InChI is InChI=1S/C11H13N3O3/c1-12(2)11(15)13-6-5-8-7-9(14(16)17)3-4-10(8)13/h3-4,7H,5-6H2,1-2H3. The molecule has 0 aromatic heterocycles. The molecular weight excluding hydrogens is 222 g/mol. The maximum absolute atomic E-state index is 11.8. The van der Waals surface area contributed by atoms with Gasteiger partial charge in [-0.2, -0.15) is 0 Å². The first-order valence-corrected chi connectivity index (χ1v) is 5.27. The van der Waals surface area contributed by atoms with E-state index in [1.807, 2.05) is 0 Å². The van der Waals surface area contributed by atoms with E-state index in [-0.39, 0.29) is 11.7 Å². The van der Waals surface area contributed by atoms with E-state index in [0.717, 1.165) is 11.3 Å². The van der Waals surface area contributed by atoms with Gasteiger partial charge in [0.15, 0.2) is 0 Å². The Labute approximate surface area is 98.6 Å². The van der Waals surface area contributed by atoms with Crippen molar-refractivity contribution in [2.75, 3.05) is 25.5 Å². The minimum Gasteiger partial charge on any atom is -0.330 e. The fourth-order valence-electron chi connectivity index (χ4n) is 1.94. The van der Waals surface area contributed by atoms with Crippen LogP contribution in [0.2, 0.25) is 0 Å². The van der Waals surface area contributed by atoms with Gasteiger partial charge in [-0.25, -0.2) is 4.79 Å². The third-order valence-electron chi connectivity index (χ3n) is 2.78. The lowest BCUT2D eigenvalue weighted by atomic mass is 10.1. The third kappa shape index (κ3) is 1.93. The smallest absolute Gasteiger partial charge is 0.323 e. The summed E-state index contributed by atoms with van der Waals surface area (Å²) < 4.78 is 0. The zero-order valence-electron chi connectivity index (χ0n) is 9.71. The molecular formula is C11H13N3O3. The number of nitro groups is 1. The van der Waals surface area contributed by atoms with Gasteiger partial charge in [0.05, 0.1) is 4.92 Å². The van der Waals surface area contributed by atoms with Gasteiger partial charge in [0.25, 0.3) is 5.69 Å². The Balaban J connectivity index is 2.34. The number of carbonyl (C=O) groups is 1. The quantitative estimate of drug-likeness (QED) is 0.549. The second-order valence-corrected chi connectivity index (χ2v) is 4.15. The summed E-state index contributed by atoms with van der Waals surface area (Å²) >= 11 is 0. The molecule has 17 heavy (non-hydrogen) atoms. The molecule has 1 aliphatic rings. The fourth-order valence-corrected chi connectivity index (χ4v) is 1.94. The molecule has 0 aliphatic carbocycles. The summed E-state index contributed by atoms with van der Waals surface area (Å²) in [6, 6.07) is 4.51. The molecule has 1 aromatic rings. The number of hydrogen-bond acceptors (Lipinski definition) is 3. The van der Waals surface area contributed by atoms with E-state index in [1.165, 1.54) is 17.0 Å². The van der Waals surface area contributed by atoms with E-state index in [4.69, 9.17) is 0 Å².